The molecular formula is C7H15N5OS. The molecule has 0 fully saturated rings. The van der Waals surface area contributed by atoms with Crippen LogP contribution in [-0.4, -0.2) is 39.9 Å². The molecule has 0 amide bonds. The molecule has 4 N–H and O–H groups in total. The molecule has 0 atom stereocenters. The highest BCUT2D eigenvalue weighted by molar-refractivity contribution is 7.15. The van der Waals surface area contributed by atoms with Gasteiger partial charge in [0, 0.05) is 6.54 Å². The zero-order valence-corrected chi connectivity index (χ0v) is 8.92. The lowest BCUT2D eigenvalue weighted by molar-refractivity contribution is 0.196. The number of nitrogen functional groups attached to an aromatic ring is 1. The molecule has 0 aliphatic carbocycles. The van der Waals surface area contributed by atoms with Crippen molar-refractivity contribution in [2.24, 2.45) is 5.84 Å². The average Bonchev–Trinajstić information content (AvgIpc) is 2.65. The summed E-state index contributed by atoms with van der Waals surface area (Å²) in [5, 5.41) is 18.1. The Morgan fingerprint density at radius 1 is 1.57 bits per heavy atom. The standard InChI is InChI=1S/C7H15N5OS/c1-2-12(3-4-13)5-6-10-11-7(9-8)14-6/h13H,2-5,8H2,1H3,(H,9,11). The summed E-state index contributed by atoms with van der Waals surface area (Å²) in [6.07, 6.45) is 0. The summed E-state index contributed by atoms with van der Waals surface area (Å²) in [5.41, 5.74) is 2.45. The molecule has 0 spiro atoms. The van der Waals surface area contributed by atoms with Crippen LogP contribution in [0, 0.1) is 0 Å². The molecule has 0 aromatic carbocycles. The molecule has 0 bridgehead atoms. The number of nitrogens with two attached hydrogens (primary N) is 1. The molecule has 6 nitrogen and oxygen atoms in total. The van der Waals surface area contributed by atoms with Gasteiger partial charge in [-0.05, 0) is 6.54 Å². The highest BCUT2D eigenvalue weighted by atomic mass is 32.1. The molecule has 7 heteroatoms. The Kier molecular flexibility index (Phi) is 4.74. The van der Waals surface area contributed by atoms with Crippen molar-refractivity contribution in [3.8, 4) is 0 Å². The average molecular weight is 217 g/mol. The predicted molar refractivity (Wildman–Crippen MR) is 55.8 cm³/mol. The second kappa shape index (κ2) is 5.86. The molecule has 14 heavy (non-hydrogen) atoms. The van der Waals surface area contributed by atoms with E-state index in [1.165, 1.54) is 11.3 Å². The smallest absolute Gasteiger partial charge is 0.219 e. The summed E-state index contributed by atoms with van der Waals surface area (Å²) >= 11 is 1.42. The van der Waals surface area contributed by atoms with Gasteiger partial charge in [0.25, 0.3) is 0 Å². The topological polar surface area (TPSA) is 87.3 Å². The minimum absolute atomic E-state index is 0.161. The Morgan fingerprint density at radius 3 is 2.86 bits per heavy atom. The summed E-state index contributed by atoms with van der Waals surface area (Å²) in [5.74, 6) is 5.19. The maximum Gasteiger partial charge on any atom is 0.219 e. The number of aromatic nitrogens is 2. The molecule has 1 rings (SSSR count). The van der Waals surface area contributed by atoms with E-state index < -0.39 is 0 Å². The van der Waals surface area contributed by atoms with Crippen LogP contribution in [0.3, 0.4) is 0 Å². The van der Waals surface area contributed by atoms with Gasteiger partial charge < -0.3 is 5.11 Å². The third-order valence-electron chi connectivity index (χ3n) is 1.81. The van der Waals surface area contributed by atoms with E-state index in [4.69, 9.17) is 10.9 Å². The highest BCUT2D eigenvalue weighted by Gasteiger charge is 2.07. The quantitative estimate of drug-likeness (QED) is 0.445. The van der Waals surface area contributed by atoms with E-state index in [1.807, 2.05) is 6.92 Å². The number of nitrogens with zero attached hydrogens (tertiary/aromatic N) is 3. The third-order valence-corrected chi connectivity index (χ3v) is 2.65. The first kappa shape index (κ1) is 11.3. The number of aliphatic hydroxyl groups is 1. The Hall–Kier alpha value is -0.760. The number of anilines is 1. The van der Waals surface area contributed by atoms with Crippen molar-refractivity contribution in [2.45, 2.75) is 13.5 Å². The first-order valence-electron chi connectivity index (χ1n) is 4.42. The first-order valence-corrected chi connectivity index (χ1v) is 5.24. The van der Waals surface area contributed by atoms with Crippen LogP contribution in [0.5, 0.6) is 0 Å². The second-order valence-electron chi connectivity index (χ2n) is 2.74. The molecule has 0 saturated carbocycles. The van der Waals surface area contributed by atoms with Gasteiger partial charge in [-0.3, -0.25) is 10.3 Å². The summed E-state index contributed by atoms with van der Waals surface area (Å²) < 4.78 is 0. The van der Waals surface area contributed by atoms with Crippen LogP contribution in [-0.2, 0) is 6.54 Å². The fourth-order valence-corrected chi connectivity index (χ4v) is 1.75. The lowest BCUT2D eigenvalue weighted by atomic mass is 10.5. The van der Waals surface area contributed by atoms with E-state index in [0.717, 1.165) is 11.6 Å². The Bertz CT molecular complexity index is 266. The van der Waals surface area contributed by atoms with Crippen molar-refractivity contribution in [3.63, 3.8) is 0 Å². The lowest BCUT2D eigenvalue weighted by Crippen LogP contribution is -2.25. The van der Waals surface area contributed by atoms with E-state index in [1.54, 1.807) is 0 Å². The fourth-order valence-electron chi connectivity index (χ4n) is 1.06. The largest absolute Gasteiger partial charge is 0.395 e. The zero-order valence-electron chi connectivity index (χ0n) is 8.10. The number of hydrazine groups is 1. The van der Waals surface area contributed by atoms with Gasteiger partial charge in [-0.1, -0.05) is 18.3 Å². The molecule has 0 radical (unpaired) electrons. The predicted octanol–water partition coefficient (Wildman–Crippen LogP) is -0.362. The summed E-state index contributed by atoms with van der Waals surface area (Å²) in [4.78, 5) is 2.08. The van der Waals surface area contributed by atoms with Crippen LogP contribution in [0.4, 0.5) is 5.13 Å². The number of hydrogen-bond acceptors (Lipinski definition) is 7. The molecule has 80 valence electrons. The normalized spacial score (nSPS) is 10.9. The molecule has 0 unspecified atom stereocenters. The second-order valence-corrected chi connectivity index (χ2v) is 3.80. The SMILES string of the molecule is CCN(CCO)Cc1nnc(NN)s1. The van der Waals surface area contributed by atoms with Gasteiger partial charge in [0.05, 0.1) is 13.2 Å². The number of nitrogens with one attached hydrogen (secondary N) is 1. The first-order chi connectivity index (χ1) is 6.80. The molecule has 0 aliphatic rings. The van der Waals surface area contributed by atoms with Gasteiger partial charge in [0.1, 0.15) is 5.01 Å². The van der Waals surface area contributed by atoms with Crippen LogP contribution in [0.15, 0.2) is 0 Å². The molecule has 0 aliphatic heterocycles. The van der Waals surface area contributed by atoms with E-state index in [2.05, 4.69) is 20.5 Å². The summed E-state index contributed by atoms with van der Waals surface area (Å²) in [7, 11) is 0. The van der Waals surface area contributed by atoms with E-state index in [-0.39, 0.29) is 6.61 Å². The zero-order chi connectivity index (χ0) is 10.4. The van der Waals surface area contributed by atoms with Crippen molar-refractivity contribution >= 4 is 16.5 Å². The molecule has 1 heterocycles. The van der Waals surface area contributed by atoms with Crippen LogP contribution in [0.25, 0.3) is 0 Å². The minimum Gasteiger partial charge on any atom is -0.395 e. The Balaban J connectivity index is 2.48. The number of hydrogen-bond donors (Lipinski definition) is 3. The van der Waals surface area contributed by atoms with Crippen molar-refractivity contribution in [2.75, 3.05) is 25.1 Å². The molecule has 1 aromatic heterocycles. The van der Waals surface area contributed by atoms with E-state index >= 15 is 0 Å². The van der Waals surface area contributed by atoms with Gasteiger partial charge in [0.15, 0.2) is 0 Å². The van der Waals surface area contributed by atoms with Gasteiger partial charge in [-0.25, -0.2) is 5.84 Å². The maximum absolute atomic E-state index is 8.79. The van der Waals surface area contributed by atoms with Gasteiger partial charge in [0.2, 0.25) is 5.13 Å². The monoisotopic (exact) mass is 217 g/mol. The van der Waals surface area contributed by atoms with Crippen LogP contribution in [0.1, 0.15) is 11.9 Å². The third kappa shape index (κ3) is 3.18. The summed E-state index contributed by atoms with van der Waals surface area (Å²) in [6, 6.07) is 0. The van der Waals surface area contributed by atoms with Gasteiger partial charge in [-0.2, -0.15) is 0 Å². The number of likely N-dealkylation sites (N-methyl/N-ethyl adjacent to an activating group) is 1. The molecule has 1 aromatic rings. The maximum atomic E-state index is 8.79. The van der Waals surface area contributed by atoms with Crippen molar-refractivity contribution in [3.05, 3.63) is 5.01 Å². The number of rotatable bonds is 6. The van der Waals surface area contributed by atoms with Crippen molar-refractivity contribution < 1.29 is 5.11 Å². The van der Waals surface area contributed by atoms with Crippen molar-refractivity contribution in [1.82, 2.24) is 15.1 Å². The lowest BCUT2D eigenvalue weighted by Gasteiger charge is -2.16. The Labute approximate surface area is 86.7 Å². The minimum atomic E-state index is 0.161. The van der Waals surface area contributed by atoms with Gasteiger partial charge >= 0.3 is 0 Å². The number of aliphatic hydroxyl groups excluding tert-OH is 1. The van der Waals surface area contributed by atoms with Crippen LogP contribution in [0.2, 0.25) is 0 Å². The van der Waals surface area contributed by atoms with Crippen LogP contribution >= 0.6 is 11.3 Å². The molecule has 0 saturated heterocycles. The van der Waals surface area contributed by atoms with Crippen LogP contribution < -0.4 is 11.3 Å². The molecular weight excluding hydrogens is 202 g/mol. The van der Waals surface area contributed by atoms with Crippen molar-refractivity contribution in [1.29, 1.82) is 0 Å². The van der Waals surface area contributed by atoms with E-state index in [0.29, 0.717) is 18.2 Å². The fraction of sp³-hybridized carbons (Fsp3) is 0.714. The van der Waals surface area contributed by atoms with Gasteiger partial charge in [-0.15, -0.1) is 10.2 Å². The summed E-state index contributed by atoms with van der Waals surface area (Å²) in [6.45, 7) is 4.44. The Morgan fingerprint density at radius 2 is 2.36 bits per heavy atom. The highest BCUT2D eigenvalue weighted by Crippen LogP contribution is 2.15. The van der Waals surface area contributed by atoms with E-state index in [9.17, 15) is 0 Å².